The summed E-state index contributed by atoms with van der Waals surface area (Å²) in [6.07, 6.45) is 1.40. The Morgan fingerprint density at radius 2 is 1.83 bits per heavy atom. The highest BCUT2D eigenvalue weighted by Gasteiger charge is 2.39. The van der Waals surface area contributed by atoms with Crippen molar-refractivity contribution in [1.82, 2.24) is 9.55 Å². The van der Waals surface area contributed by atoms with Gasteiger partial charge in [0.05, 0.1) is 25.4 Å². The van der Waals surface area contributed by atoms with E-state index in [0.717, 1.165) is 5.56 Å². The molecule has 7 heteroatoms. The molecule has 2 aliphatic rings. The van der Waals surface area contributed by atoms with E-state index in [1.807, 2.05) is 30.3 Å². The molecule has 0 saturated carbocycles. The molecule has 0 aliphatic carbocycles. The van der Waals surface area contributed by atoms with Crippen LogP contribution in [0.5, 0.6) is 0 Å². The average molecular weight is 330 g/mol. The van der Waals surface area contributed by atoms with Crippen LogP contribution in [-0.2, 0) is 14.2 Å². The second-order valence-electron chi connectivity index (χ2n) is 6.03. The Kier molecular flexibility index (Phi) is 4.05. The topological polar surface area (TPSA) is 82.5 Å². The van der Waals surface area contributed by atoms with Gasteiger partial charge < -0.3 is 14.2 Å². The molecule has 4 rings (SSSR count). The van der Waals surface area contributed by atoms with Gasteiger partial charge in [-0.1, -0.05) is 30.3 Å². The van der Waals surface area contributed by atoms with Gasteiger partial charge in [0.15, 0.2) is 6.29 Å². The second kappa shape index (κ2) is 6.35. The van der Waals surface area contributed by atoms with E-state index in [1.165, 1.54) is 16.8 Å². The molecule has 3 heterocycles. The van der Waals surface area contributed by atoms with Crippen molar-refractivity contribution in [3.63, 3.8) is 0 Å². The highest BCUT2D eigenvalue weighted by molar-refractivity contribution is 5.16. The first-order valence-corrected chi connectivity index (χ1v) is 7.96. The van der Waals surface area contributed by atoms with Gasteiger partial charge in [0.25, 0.3) is 5.56 Å². The van der Waals surface area contributed by atoms with E-state index in [-0.39, 0.29) is 18.2 Å². The predicted molar refractivity (Wildman–Crippen MR) is 84.7 cm³/mol. The lowest BCUT2D eigenvalue weighted by atomic mass is 10.0. The number of hydrogen-bond donors (Lipinski definition) is 1. The van der Waals surface area contributed by atoms with Gasteiger partial charge in [-0.25, -0.2) is 4.79 Å². The molecule has 1 aromatic heterocycles. The zero-order valence-electron chi connectivity index (χ0n) is 13.0. The van der Waals surface area contributed by atoms with Crippen LogP contribution in [0.25, 0.3) is 0 Å². The highest BCUT2D eigenvalue weighted by atomic mass is 16.7. The summed E-state index contributed by atoms with van der Waals surface area (Å²) < 4.78 is 19.1. The van der Waals surface area contributed by atoms with Crippen LogP contribution in [-0.4, -0.2) is 35.0 Å². The molecule has 2 fully saturated rings. The number of benzene rings is 1. The normalized spacial score (nSPS) is 29.8. The van der Waals surface area contributed by atoms with Gasteiger partial charge in [0, 0.05) is 17.8 Å². The Balaban J connectivity index is 1.52. The fourth-order valence-electron chi connectivity index (χ4n) is 3.20. The number of nitrogens with zero attached hydrogens (tertiary/aromatic N) is 1. The summed E-state index contributed by atoms with van der Waals surface area (Å²) >= 11 is 0. The Bertz CT molecular complexity index is 815. The van der Waals surface area contributed by atoms with Crippen LogP contribution >= 0.6 is 0 Å². The van der Waals surface area contributed by atoms with Crippen molar-refractivity contribution in [2.24, 2.45) is 0 Å². The Hall–Kier alpha value is -2.22. The monoisotopic (exact) mass is 330 g/mol. The van der Waals surface area contributed by atoms with Crippen LogP contribution in [0.2, 0.25) is 0 Å². The van der Waals surface area contributed by atoms with Gasteiger partial charge in [0.1, 0.15) is 6.10 Å². The number of ether oxygens (including phenoxy) is 3. The molecule has 1 N–H and O–H groups in total. The summed E-state index contributed by atoms with van der Waals surface area (Å²) in [6.45, 7) is 0.841. The molecule has 7 nitrogen and oxygen atoms in total. The van der Waals surface area contributed by atoms with Gasteiger partial charge in [-0.05, 0) is 6.42 Å². The SMILES string of the molecule is O=c1ccn(C2COC3COC(c4ccccc4)OC3C2)c(=O)[nH]1. The average Bonchev–Trinajstić information content (AvgIpc) is 2.61. The van der Waals surface area contributed by atoms with Crippen LogP contribution in [0.4, 0.5) is 0 Å². The van der Waals surface area contributed by atoms with Gasteiger partial charge >= 0.3 is 5.69 Å². The van der Waals surface area contributed by atoms with Crippen molar-refractivity contribution < 1.29 is 14.2 Å². The lowest BCUT2D eigenvalue weighted by molar-refractivity contribution is -0.282. The molecular weight excluding hydrogens is 312 g/mol. The number of hydrogen-bond acceptors (Lipinski definition) is 5. The fourth-order valence-corrected chi connectivity index (χ4v) is 3.20. The number of nitrogens with one attached hydrogen (secondary N) is 1. The van der Waals surface area contributed by atoms with Crippen molar-refractivity contribution in [3.05, 3.63) is 69.0 Å². The first kappa shape index (κ1) is 15.3. The van der Waals surface area contributed by atoms with Crippen molar-refractivity contribution >= 4 is 0 Å². The standard InChI is InChI=1S/C17H18N2O5/c20-15-6-7-19(17(21)18-15)12-8-13-14(22-9-12)10-23-16(24-13)11-4-2-1-3-5-11/h1-7,12-14,16H,8-10H2,(H,18,20,21). The fraction of sp³-hybridized carbons (Fsp3) is 0.412. The summed E-state index contributed by atoms with van der Waals surface area (Å²) in [6, 6.07) is 10.9. The van der Waals surface area contributed by atoms with Crippen molar-refractivity contribution in [2.75, 3.05) is 13.2 Å². The second-order valence-corrected chi connectivity index (χ2v) is 6.03. The Morgan fingerprint density at radius 3 is 2.62 bits per heavy atom. The zero-order valence-corrected chi connectivity index (χ0v) is 13.0. The van der Waals surface area contributed by atoms with Gasteiger partial charge in [-0.3, -0.25) is 14.3 Å². The van der Waals surface area contributed by atoms with E-state index < -0.39 is 17.5 Å². The molecule has 24 heavy (non-hydrogen) atoms. The van der Waals surface area contributed by atoms with E-state index in [0.29, 0.717) is 19.6 Å². The van der Waals surface area contributed by atoms with E-state index in [1.54, 1.807) is 0 Å². The molecule has 2 aliphatic heterocycles. The summed E-state index contributed by atoms with van der Waals surface area (Å²) in [5.41, 5.74) is 0.123. The van der Waals surface area contributed by atoms with Crippen molar-refractivity contribution in [2.45, 2.75) is 31.0 Å². The maximum atomic E-state index is 12.0. The van der Waals surface area contributed by atoms with E-state index >= 15 is 0 Å². The maximum Gasteiger partial charge on any atom is 0.328 e. The summed E-state index contributed by atoms with van der Waals surface area (Å²) in [5, 5.41) is 0. The quantitative estimate of drug-likeness (QED) is 0.887. The number of aromatic nitrogens is 2. The largest absolute Gasteiger partial charge is 0.371 e. The third kappa shape index (κ3) is 2.93. The minimum absolute atomic E-state index is 0.139. The molecule has 1 aromatic carbocycles. The first-order valence-electron chi connectivity index (χ1n) is 7.96. The molecule has 0 radical (unpaired) electrons. The molecule has 0 amide bonds. The zero-order chi connectivity index (χ0) is 16.5. The summed E-state index contributed by atoms with van der Waals surface area (Å²) in [7, 11) is 0. The predicted octanol–water partition coefficient (Wildman–Crippen LogP) is 0.981. The number of aromatic amines is 1. The van der Waals surface area contributed by atoms with Crippen LogP contribution in [0.1, 0.15) is 24.3 Å². The smallest absolute Gasteiger partial charge is 0.328 e. The molecule has 4 unspecified atom stereocenters. The summed E-state index contributed by atoms with van der Waals surface area (Å²) in [5.74, 6) is 0. The number of fused-ring (bicyclic) bond motifs is 1. The molecule has 4 atom stereocenters. The van der Waals surface area contributed by atoms with Crippen LogP contribution in [0, 0.1) is 0 Å². The van der Waals surface area contributed by atoms with E-state index in [9.17, 15) is 9.59 Å². The third-order valence-corrected chi connectivity index (χ3v) is 4.45. The van der Waals surface area contributed by atoms with Crippen LogP contribution < -0.4 is 11.2 Å². The lowest BCUT2D eigenvalue weighted by Gasteiger charge is -2.42. The maximum absolute atomic E-state index is 12.0. The van der Waals surface area contributed by atoms with Crippen LogP contribution in [0.3, 0.4) is 0 Å². The highest BCUT2D eigenvalue weighted by Crippen LogP contribution is 2.34. The lowest BCUT2D eigenvalue weighted by Crippen LogP contribution is -2.49. The van der Waals surface area contributed by atoms with E-state index in [4.69, 9.17) is 14.2 Å². The molecule has 2 aromatic rings. The Labute approximate surface area is 137 Å². The van der Waals surface area contributed by atoms with Gasteiger partial charge in [0.2, 0.25) is 0 Å². The van der Waals surface area contributed by atoms with Crippen molar-refractivity contribution in [3.8, 4) is 0 Å². The molecule has 2 saturated heterocycles. The Morgan fingerprint density at radius 1 is 1.00 bits per heavy atom. The molecular formula is C17H18N2O5. The minimum atomic E-state index is -0.429. The first-order chi connectivity index (χ1) is 11.7. The van der Waals surface area contributed by atoms with Crippen molar-refractivity contribution in [1.29, 1.82) is 0 Å². The van der Waals surface area contributed by atoms with Crippen LogP contribution in [0.15, 0.2) is 52.2 Å². The van der Waals surface area contributed by atoms with Gasteiger partial charge in [-0.2, -0.15) is 0 Å². The molecule has 126 valence electrons. The van der Waals surface area contributed by atoms with Gasteiger partial charge in [-0.15, -0.1) is 0 Å². The van der Waals surface area contributed by atoms with E-state index in [2.05, 4.69) is 4.98 Å². The number of rotatable bonds is 2. The third-order valence-electron chi connectivity index (χ3n) is 4.45. The minimum Gasteiger partial charge on any atom is -0.371 e. The summed E-state index contributed by atoms with van der Waals surface area (Å²) in [4.78, 5) is 25.5. The number of H-pyrrole nitrogens is 1. The molecule has 0 bridgehead atoms. The molecule has 0 spiro atoms.